The summed E-state index contributed by atoms with van der Waals surface area (Å²) in [4.78, 5) is 16.0. The van der Waals surface area contributed by atoms with E-state index in [1.807, 2.05) is 24.3 Å². The number of hydrogen-bond acceptors (Lipinski definition) is 5. The number of nitrogens with zero attached hydrogens (tertiary/aromatic N) is 1. The van der Waals surface area contributed by atoms with Crippen LogP contribution in [0, 0.1) is 0 Å². The summed E-state index contributed by atoms with van der Waals surface area (Å²) in [5, 5.41) is 0.781. The summed E-state index contributed by atoms with van der Waals surface area (Å²) in [6, 6.07) is 7.87. The van der Waals surface area contributed by atoms with Gasteiger partial charge in [0.25, 0.3) is 0 Å². The van der Waals surface area contributed by atoms with Crippen LogP contribution in [0.1, 0.15) is 32.6 Å². The second-order valence-corrected chi connectivity index (χ2v) is 7.03. The summed E-state index contributed by atoms with van der Waals surface area (Å²) < 4.78 is 5.09. The van der Waals surface area contributed by atoms with Gasteiger partial charge in [0.1, 0.15) is 4.88 Å². The predicted molar refractivity (Wildman–Crippen MR) is 94.0 cm³/mol. The highest BCUT2D eigenvalue weighted by Crippen LogP contribution is 2.36. The summed E-state index contributed by atoms with van der Waals surface area (Å²) in [6.45, 7) is 4.61. The van der Waals surface area contributed by atoms with Crippen molar-refractivity contribution in [3.63, 3.8) is 0 Å². The van der Waals surface area contributed by atoms with E-state index >= 15 is 0 Å². The summed E-state index contributed by atoms with van der Waals surface area (Å²) in [7, 11) is 0. The van der Waals surface area contributed by atoms with E-state index < -0.39 is 0 Å². The lowest BCUT2D eigenvalue weighted by atomic mass is 10.1. The summed E-state index contributed by atoms with van der Waals surface area (Å²) in [5.41, 5.74) is 8.95. The Balaban J connectivity index is 1.78. The lowest BCUT2D eigenvalue weighted by molar-refractivity contribution is 0.0533. The zero-order valence-electron chi connectivity index (χ0n) is 13.0. The molecule has 1 aromatic carbocycles. The van der Waals surface area contributed by atoms with Crippen LogP contribution in [-0.2, 0) is 24.2 Å². The molecule has 0 unspecified atom stereocenters. The Bertz CT molecular complexity index is 729. The van der Waals surface area contributed by atoms with Crippen molar-refractivity contribution in [3.8, 4) is 0 Å². The molecule has 122 valence electrons. The highest BCUT2D eigenvalue weighted by atomic mass is 35.5. The number of halogens is 1. The summed E-state index contributed by atoms with van der Waals surface area (Å²) in [6.07, 6.45) is 0.897. The number of nitrogens with two attached hydrogens (primary N) is 1. The third-order valence-corrected chi connectivity index (χ3v) is 5.64. The predicted octanol–water partition coefficient (Wildman–Crippen LogP) is 3.72. The minimum atomic E-state index is -0.318. The average Bonchev–Trinajstić information content (AvgIpc) is 2.87. The van der Waals surface area contributed by atoms with Crippen LogP contribution in [0.3, 0.4) is 0 Å². The second kappa shape index (κ2) is 6.91. The van der Waals surface area contributed by atoms with E-state index in [1.165, 1.54) is 16.2 Å². The molecule has 3 rings (SSSR count). The van der Waals surface area contributed by atoms with Crippen molar-refractivity contribution in [1.82, 2.24) is 4.90 Å². The van der Waals surface area contributed by atoms with Crippen LogP contribution in [0.2, 0.25) is 5.02 Å². The second-order valence-electron chi connectivity index (χ2n) is 5.52. The molecular formula is C17H19ClN2O2S. The van der Waals surface area contributed by atoms with Crippen LogP contribution in [0.4, 0.5) is 5.69 Å². The van der Waals surface area contributed by atoms with E-state index in [-0.39, 0.29) is 5.97 Å². The first-order chi connectivity index (χ1) is 11.1. The molecule has 6 heteroatoms. The van der Waals surface area contributed by atoms with Crippen molar-refractivity contribution in [3.05, 3.63) is 50.2 Å². The number of nitrogen functional groups attached to an aromatic ring is 1. The molecule has 4 nitrogen and oxygen atoms in total. The van der Waals surface area contributed by atoms with E-state index in [0.29, 0.717) is 17.2 Å². The van der Waals surface area contributed by atoms with Crippen LogP contribution in [-0.4, -0.2) is 24.0 Å². The molecule has 2 N–H and O–H groups in total. The van der Waals surface area contributed by atoms with Gasteiger partial charge >= 0.3 is 5.97 Å². The lowest BCUT2D eigenvalue weighted by Crippen LogP contribution is -2.29. The molecule has 0 spiro atoms. The highest BCUT2D eigenvalue weighted by molar-refractivity contribution is 7.14. The Kier molecular flexibility index (Phi) is 4.90. The maximum Gasteiger partial charge on any atom is 0.350 e. The van der Waals surface area contributed by atoms with Crippen LogP contribution in [0.25, 0.3) is 0 Å². The third-order valence-electron chi connectivity index (χ3n) is 3.98. The van der Waals surface area contributed by atoms with Crippen molar-refractivity contribution in [2.75, 3.05) is 18.9 Å². The lowest BCUT2D eigenvalue weighted by Gasteiger charge is -2.27. The molecule has 0 saturated heterocycles. The van der Waals surface area contributed by atoms with Crippen LogP contribution < -0.4 is 5.73 Å². The van der Waals surface area contributed by atoms with Gasteiger partial charge in [-0.25, -0.2) is 4.79 Å². The Hall–Kier alpha value is -1.56. The normalized spacial score (nSPS) is 14.5. The number of ether oxygens (including phenoxy) is 1. The number of fused-ring (bicyclic) bond motifs is 1. The Morgan fingerprint density at radius 1 is 1.43 bits per heavy atom. The van der Waals surface area contributed by atoms with Gasteiger partial charge in [-0.1, -0.05) is 29.8 Å². The number of rotatable bonds is 4. The van der Waals surface area contributed by atoms with Gasteiger partial charge in [0, 0.05) is 35.1 Å². The quantitative estimate of drug-likeness (QED) is 0.854. The molecule has 2 aromatic rings. The monoisotopic (exact) mass is 350 g/mol. The van der Waals surface area contributed by atoms with Crippen LogP contribution in [0.5, 0.6) is 0 Å². The molecule has 2 heterocycles. The standard InChI is InChI=1S/C17H19ClN2O2S/c1-2-22-17(21)16-15(19)12-10-20(8-7-14(12)23-16)9-11-5-3-4-6-13(11)18/h3-6H,2,7-10,19H2,1H3. The first-order valence-corrected chi connectivity index (χ1v) is 8.82. The zero-order valence-corrected chi connectivity index (χ0v) is 14.5. The minimum absolute atomic E-state index is 0.318. The van der Waals surface area contributed by atoms with Crippen molar-refractivity contribution < 1.29 is 9.53 Å². The molecule has 0 saturated carbocycles. The number of hydrogen-bond donors (Lipinski definition) is 1. The van der Waals surface area contributed by atoms with E-state index in [2.05, 4.69) is 4.90 Å². The van der Waals surface area contributed by atoms with E-state index in [9.17, 15) is 4.79 Å². The smallest absolute Gasteiger partial charge is 0.350 e. The number of esters is 1. The Morgan fingerprint density at radius 2 is 2.22 bits per heavy atom. The largest absolute Gasteiger partial charge is 0.462 e. The SMILES string of the molecule is CCOC(=O)c1sc2c(c1N)CN(Cc1ccccc1Cl)CC2. The zero-order chi connectivity index (χ0) is 16.4. The fourth-order valence-corrected chi connectivity index (χ4v) is 4.12. The molecule has 0 aliphatic carbocycles. The molecule has 0 amide bonds. The maximum absolute atomic E-state index is 12.0. The third kappa shape index (κ3) is 3.37. The number of carbonyl (C=O) groups is 1. The van der Waals surface area contributed by atoms with E-state index in [4.69, 9.17) is 22.1 Å². The number of anilines is 1. The molecule has 1 aromatic heterocycles. The van der Waals surface area contributed by atoms with Gasteiger partial charge in [-0.15, -0.1) is 11.3 Å². The van der Waals surface area contributed by atoms with Gasteiger partial charge in [0.05, 0.1) is 12.3 Å². The van der Waals surface area contributed by atoms with Crippen LogP contribution >= 0.6 is 22.9 Å². The molecule has 1 aliphatic heterocycles. The first-order valence-electron chi connectivity index (χ1n) is 7.63. The Labute approximate surface area is 144 Å². The average molecular weight is 351 g/mol. The minimum Gasteiger partial charge on any atom is -0.462 e. The van der Waals surface area contributed by atoms with Crippen molar-refractivity contribution in [1.29, 1.82) is 0 Å². The van der Waals surface area contributed by atoms with Gasteiger partial charge in [-0.05, 0) is 25.0 Å². The molecule has 0 bridgehead atoms. The maximum atomic E-state index is 12.0. The van der Waals surface area contributed by atoms with Gasteiger partial charge in [0.2, 0.25) is 0 Å². The molecule has 0 radical (unpaired) electrons. The summed E-state index contributed by atoms with van der Waals surface area (Å²) >= 11 is 7.71. The van der Waals surface area contributed by atoms with Gasteiger partial charge in [0.15, 0.2) is 0 Å². The van der Waals surface area contributed by atoms with Gasteiger partial charge in [-0.2, -0.15) is 0 Å². The Morgan fingerprint density at radius 3 is 2.96 bits per heavy atom. The summed E-state index contributed by atoms with van der Waals surface area (Å²) in [5.74, 6) is -0.318. The van der Waals surface area contributed by atoms with Crippen molar-refractivity contribution in [2.45, 2.75) is 26.4 Å². The van der Waals surface area contributed by atoms with Gasteiger partial charge in [-0.3, -0.25) is 4.90 Å². The molecule has 0 atom stereocenters. The number of carbonyl (C=O) groups excluding carboxylic acids is 1. The fraction of sp³-hybridized carbons (Fsp3) is 0.353. The number of benzene rings is 1. The van der Waals surface area contributed by atoms with Crippen molar-refractivity contribution >= 4 is 34.6 Å². The first kappa shape index (κ1) is 16.3. The topological polar surface area (TPSA) is 55.6 Å². The van der Waals surface area contributed by atoms with Crippen LogP contribution in [0.15, 0.2) is 24.3 Å². The molecule has 1 aliphatic rings. The van der Waals surface area contributed by atoms with E-state index in [0.717, 1.165) is 42.2 Å². The fourth-order valence-electron chi connectivity index (χ4n) is 2.82. The molecule has 23 heavy (non-hydrogen) atoms. The van der Waals surface area contributed by atoms with Gasteiger partial charge < -0.3 is 10.5 Å². The molecular weight excluding hydrogens is 332 g/mol. The highest BCUT2D eigenvalue weighted by Gasteiger charge is 2.26. The molecule has 0 fully saturated rings. The number of thiophene rings is 1. The van der Waals surface area contributed by atoms with Crippen molar-refractivity contribution in [2.24, 2.45) is 0 Å². The van der Waals surface area contributed by atoms with E-state index in [1.54, 1.807) is 6.92 Å².